The van der Waals surface area contributed by atoms with Gasteiger partial charge in [0.2, 0.25) is 0 Å². The van der Waals surface area contributed by atoms with Crippen LogP contribution in [-0.2, 0) is 0 Å². The zero-order valence-electron chi connectivity index (χ0n) is 8.21. The smallest absolute Gasteiger partial charge is 0.0499 e. The lowest BCUT2D eigenvalue weighted by atomic mass is 10.1. The number of unbranched alkanes of at least 4 members (excludes halogenated alkanes) is 1. The minimum absolute atomic E-state index is 0.251. The summed E-state index contributed by atoms with van der Waals surface area (Å²) in [5.74, 6) is 0.308. The highest BCUT2D eigenvalue weighted by molar-refractivity contribution is 4.89. The molecule has 0 saturated carbocycles. The fourth-order valence-corrected chi connectivity index (χ4v) is 1.03. The summed E-state index contributed by atoms with van der Waals surface area (Å²) in [6.45, 7) is 4.53. The lowest BCUT2D eigenvalue weighted by Crippen LogP contribution is -2.00. The highest BCUT2D eigenvalue weighted by Gasteiger charge is 1.98. The summed E-state index contributed by atoms with van der Waals surface area (Å²) in [6, 6.07) is 0. The molecule has 1 N–H and O–H groups in total. The van der Waals surface area contributed by atoms with E-state index in [1.165, 1.54) is 6.42 Å². The first-order valence-electron chi connectivity index (χ1n) is 4.87. The van der Waals surface area contributed by atoms with E-state index in [1.54, 1.807) is 0 Å². The minimum Gasteiger partial charge on any atom is -0.396 e. The molecule has 70 valence electrons. The van der Waals surface area contributed by atoms with E-state index in [0.29, 0.717) is 5.92 Å². The van der Waals surface area contributed by atoms with Gasteiger partial charge in [-0.25, -0.2) is 0 Å². The molecule has 0 aliphatic rings. The van der Waals surface area contributed by atoms with Crippen LogP contribution in [0.2, 0.25) is 0 Å². The van der Waals surface area contributed by atoms with Crippen molar-refractivity contribution in [2.75, 3.05) is 6.61 Å². The van der Waals surface area contributed by atoms with Crippen LogP contribution in [-0.4, -0.2) is 11.7 Å². The molecule has 0 radical (unpaired) electrons. The summed E-state index contributed by atoms with van der Waals surface area (Å²) in [6.07, 6.45) is 8.46. The Labute approximate surface area is 75.8 Å². The third-order valence-electron chi connectivity index (χ3n) is 1.78. The number of rotatable bonds is 6. The van der Waals surface area contributed by atoms with Crippen molar-refractivity contribution >= 4 is 0 Å². The van der Waals surface area contributed by atoms with Crippen LogP contribution in [0, 0.1) is 5.92 Å². The van der Waals surface area contributed by atoms with E-state index in [2.05, 4.69) is 19.6 Å². The molecule has 0 spiro atoms. The van der Waals surface area contributed by atoms with Crippen LogP contribution in [0.1, 0.15) is 39.5 Å². The fourth-order valence-electron chi connectivity index (χ4n) is 1.03. The molecule has 0 bridgehead atoms. The van der Waals surface area contributed by atoms with E-state index < -0.39 is 0 Å². The summed E-state index contributed by atoms with van der Waals surface area (Å²) < 4.78 is 0. The highest BCUT2D eigenvalue weighted by Crippen LogP contribution is 2.05. The van der Waals surface area contributed by atoms with E-state index in [1.807, 2.05) is 12.2 Å². The van der Waals surface area contributed by atoms with Crippen molar-refractivity contribution in [1.29, 1.82) is 0 Å². The molecule has 0 saturated heterocycles. The maximum atomic E-state index is 8.93. The lowest BCUT2D eigenvalue weighted by molar-refractivity contribution is 0.245. The quantitative estimate of drug-likeness (QED) is 0.605. The molecule has 0 amide bonds. The van der Waals surface area contributed by atoms with Gasteiger partial charge in [-0.15, -0.1) is 5.73 Å². The Kier molecular flexibility index (Phi) is 8.20. The Morgan fingerprint density at radius 3 is 2.58 bits per heavy atom. The van der Waals surface area contributed by atoms with Crippen molar-refractivity contribution in [2.24, 2.45) is 5.92 Å². The number of aliphatic hydroxyl groups is 1. The van der Waals surface area contributed by atoms with Crippen molar-refractivity contribution in [1.82, 2.24) is 0 Å². The highest BCUT2D eigenvalue weighted by atomic mass is 16.3. The fraction of sp³-hybridized carbons (Fsp3) is 0.727. The SMILES string of the molecule is CCCC=C=CC(CO)CCC. The molecule has 1 atom stereocenters. The molecule has 0 aromatic heterocycles. The van der Waals surface area contributed by atoms with Crippen LogP contribution in [0.15, 0.2) is 17.9 Å². The predicted octanol–water partition coefficient (Wildman–Crippen LogP) is 2.91. The monoisotopic (exact) mass is 168 g/mol. The van der Waals surface area contributed by atoms with Crippen molar-refractivity contribution in [3.63, 3.8) is 0 Å². The van der Waals surface area contributed by atoms with Crippen LogP contribution in [0.4, 0.5) is 0 Å². The first kappa shape index (κ1) is 11.5. The standard InChI is InChI=1S/C11H20O/c1-3-5-6-7-9-11(10-12)8-4-2/h6,9,11-12H,3-5,8,10H2,1-2H3. The molecule has 12 heavy (non-hydrogen) atoms. The molecule has 0 aromatic rings. The van der Waals surface area contributed by atoms with Gasteiger partial charge in [0, 0.05) is 12.5 Å². The number of hydrogen-bond acceptors (Lipinski definition) is 1. The molecule has 0 rings (SSSR count). The molecular weight excluding hydrogens is 148 g/mol. The first-order chi connectivity index (χ1) is 5.85. The van der Waals surface area contributed by atoms with Gasteiger partial charge in [0.1, 0.15) is 0 Å². The summed E-state index contributed by atoms with van der Waals surface area (Å²) in [5, 5.41) is 8.93. The molecule has 0 heterocycles. The van der Waals surface area contributed by atoms with Crippen LogP contribution >= 0.6 is 0 Å². The van der Waals surface area contributed by atoms with Crippen molar-refractivity contribution < 1.29 is 5.11 Å². The second kappa shape index (κ2) is 8.58. The van der Waals surface area contributed by atoms with Crippen LogP contribution < -0.4 is 0 Å². The van der Waals surface area contributed by atoms with Crippen LogP contribution in [0.25, 0.3) is 0 Å². The Morgan fingerprint density at radius 1 is 1.33 bits per heavy atom. The zero-order chi connectivity index (χ0) is 9.23. The maximum Gasteiger partial charge on any atom is 0.0499 e. The van der Waals surface area contributed by atoms with Crippen LogP contribution in [0.3, 0.4) is 0 Å². The van der Waals surface area contributed by atoms with Gasteiger partial charge in [-0.2, -0.15) is 0 Å². The molecule has 0 aliphatic carbocycles. The average molecular weight is 168 g/mol. The lowest BCUT2D eigenvalue weighted by Gasteiger charge is -2.03. The van der Waals surface area contributed by atoms with Gasteiger partial charge in [0.05, 0.1) is 0 Å². The predicted molar refractivity (Wildman–Crippen MR) is 53.0 cm³/mol. The molecule has 0 aliphatic heterocycles. The van der Waals surface area contributed by atoms with Gasteiger partial charge in [0.25, 0.3) is 0 Å². The Balaban J connectivity index is 3.74. The maximum absolute atomic E-state index is 8.93. The molecule has 0 aromatic carbocycles. The van der Waals surface area contributed by atoms with Crippen molar-refractivity contribution in [3.8, 4) is 0 Å². The van der Waals surface area contributed by atoms with Gasteiger partial charge < -0.3 is 5.11 Å². The average Bonchev–Trinajstić information content (AvgIpc) is 2.10. The van der Waals surface area contributed by atoms with Gasteiger partial charge in [-0.05, 0) is 25.0 Å². The van der Waals surface area contributed by atoms with Crippen molar-refractivity contribution in [3.05, 3.63) is 17.9 Å². The Bertz CT molecular complexity index is 143. The number of hydrogen-bond donors (Lipinski definition) is 1. The van der Waals surface area contributed by atoms with Gasteiger partial charge >= 0.3 is 0 Å². The summed E-state index contributed by atoms with van der Waals surface area (Å²) in [5.41, 5.74) is 3.11. The topological polar surface area (TPSA) is 20.2 Å². The molecule has 0 fully saturated rings. The third-order valence-corrected chi connectivity index (χ3v) is 1.78. The van der Waals surface area contributed by atoms with Gasteiger partial charge in [-0.1, -0.05) is 26.7 Å². The molecule has 1 unspecified atom stereocenters. The third kappa shape index (κ3) is 6.21. The number of aliphatic hydroxyl groups excluding tert-OH is 1. The second-order valence-electron chi connectivity index (χ2n) is 3.06. The molecule has 1 heteroatoms. The Morgan fingerprint density at radius 2 is 2.08 bits per heavy atom. The van der Waals surface area contributed by atoms with Gasteiger partial charge in [-0.3, -0.25) is 0 Å². The second-order valence-corrected chi connectivity index (χ2v) is 3.06. The zero-order valence-corrected chi connectivity index (χ0v) is 8.21. The van der Waals surface area contributed by atoms with E-state index >= 15 is 0 Å². The first-order valence-corrected chi connectivity index (χ1v) is 4.87. The van der Waals surface area contributed by atoms with E-state index in [9.17, 15) is 0 Å². The Hall–Kier alpha value is -0.520. The largest absolute Gasteiger partial charge is 0.396 e. The summed E-state index contributed by atoms with van der Waals surface area (Å²) in [7, 11) is 0. The van der Waals surface area contributed by atoms with Crippen molar-refractivity contribution in [2.45, 2.75) is 39.5 Å². The van der Waals surface area contributed by atoms with E-state index in [-0.39, 0.29) is 6.61 Å². The summed E-state index contributed by atoms with van der Waals surface area (Å²) >= 11 is 0. The normalized spacial score (nSPS) is 11.9. The summed E-state index contributed by atoms with van der Waals surface area (Å²) in [4.78, 5) is 0. The van der Waals surface area contributed by atoms with Gasteiger partial charge in [0.15, 0.2) is 0 Å². The van der Waals surface area contributed by atoms with Crippen LogP contribution in [0.5, 0.6) is 0 Å². The van der Waals surface area contributed by atoms with E-state index in [0.717, 1.165) is 19.3 Å². The molecule has 1 nitrogen and oxygen atoms in total. The van der Waals surface area contributed by atoms with E-state index in [4.69, 9.17) is 5.11 Å². The minimum atomic E-state index is 0.251. The molecular formula is C11H20O.